The normalized spacial score (nSPS) is 14.4. The number of hydrogen-bond donors (Lipinski definition) is 1. The number of nitrogen functional groups attached to an aromatic ring is 1. The molecule has 0 aliphatic carbocycles. The summed E-state index contributed by atoms with van der Waals surface area (Å²) in [6.07, 6.45) is 2.08. The van der Waals surface area contributed by atoms with Crippen LogP contribution in [0, 0.1) is 0 Å². The van der Waals surface area contributed by atoms with Crippen LogP contribution < -0.4 is 11.3 Å². The summed E-state index contributed by atoms with van der Waals surface area (Å²) < 4.78 is 1.81. The molecule has 2 heterocycles. The zero-order valence-electron chi connectivity index (χ0n) is 8.36. The van der Waals surface area contributed by atoms with Gasteiger partial charge in [-0.15, -0.1) is 0 Å². The van der Waals surface area contributed by atoms with Gasteiger partial charge in [0.05, 0.1) is 11.2 Å². The van der Waals surface area contributed by atoms with E-state index in [1.807, 2.05) is 16.7 Å². The number of aryl methyl sites for hydroxylation is 2. The van der Waals surface area contributed by atoms with Crippen LogP contribution in [-0.4, -0.2) is 4.57 Å². The van der Waals surface area contributed by atoms with Crippen LogP contribution in [0.2, 0.25) is 0 Å². The molecule has 0 unspecified atom stereocenters. The molecule has 0 amide bonds. The van der Waals surface area contributed by atoms with Crippen molar-refractivity contribution in [3.63, 3.8) is 0 Å². The zero-order valence-corrected chi connectivity index (χ0v) is 8.36. The summed E-state index contributed by atoms with van der Waals surface area (Å²) in [6, 6.07) is 7.91. The van der Waals surface area contributed by atoms with Crippen LogP contribution in [0.1, 0.15) is 12.0 Å². The number of aromatic nitrogens is 1. The molecule has 0 atom stereocenters. The molecule has 3 heteroatoms. The molecular formula is C12H12N2O. The summed E-state index contributed by atoms with van der Waals surface area (Å²) in [5.74, 6) is 0. The minimum atomic E-state index is -0.0466. The lowest BCUT2D eigenvalue weighted by Gasteiger charge is -2.19. The fourth-order valence-corrected chi connectivity index (χ4v) is 2.39. The highest BCUT2D eigenvalue weighted by molar-refractivity contribution is 5.85. The van der Waals surface area contributed by atoms with Crippen molar-refractivity contribution in [3.8, 4) is 0 Å². The average Bonchev–Trinajstić information content (AvgIpc) is 2.26. The number of anilines is 1. The molecule has 0 radical (unpaired) electrons. The number of rotatable bonds is 0. The van der Waals surface area contributed by atoms with Gasteiger partial charge >= 0.3 is 0 Å². The molecular weight excluding hydrogens is 188 g/mol. The van der Waals surface area contributed by atoms with Crippen LogP contribution >= 0.6 is 0 Å². The number of para-hydroxylation sites is 1. The Morgan fingerprint density at radius 3 is 3.07 bits per heavy atom. The predicted molar refractivity (Wildman–Crippen MR) is 60.9 cm³/mol. The third kappa shape index (κ3) is 1.09. The molecule has 76 valence electrons. The van der Waals surface area contributed by atoms with Gasteiger partial charge in [0, 0.05) is 11.9 Å². The Morgan fingerprint density at radius 2 is 2.20 bits per heavy atom. The first kappa shape index (κ1) is 8.53. The first-order valence-corrected chi connectivity index (χ1v) is 5.18. The van der Waals surface area contributed by atoms with Crippen molar-refractivity contribution >= 4 is 16.6 Å². The van der Waals surface area contributed by atoms with Crippen LogP contribution in [0.3, 0.4) is 0 Å². The van der Waals surface area contributed by atoms with Gasteiger partial charge in [-0.1, -0.05) is 18.2 Å². The largest absolute Gasteiger partial charge is 0.394 e. The summed E-state index contributed by atoms with van der Waals surface area (Å²) in [6.45, 7) is 0.789. The molecule has 2 aromatic rings. The Bertz CT molecular complexity index is 598. The SMILES string of the molecule is Nc1cc2cccc3c2n(c1=O)CCC3. The van der Waals surface area contributed by atoms with Gasteiger partial charge < -0.3 is 10.3 Å². The van der Waals surface area contributed by atoms with Gasteiger partial charge in [-0.25, -0.2) is 0 Å². The van der Waals surface area contributed by atoms with E-state index in [0.717, 1.165) is 30.3 Å². The maximum absolute atomic E-state index is 11.8. The maximum Gasteiger partial charge on any atom is 0.274 e. The summed E-state index contributed by atoms with van der Waals surface area (Å²) >= 11 is 0. The number of benzene rings is 1. The number of nitrogens with zero attached hydrogens (tertiary/aromatic N) is 1. The second kappa shape index (κ2) is 2.86. The highest BCUT2D eigenvalue weighted by Crippen LogP contribution is 2.24. The Labute approximate surface area is 87.1 Å². The first-order valence-electron chi connectivity index (χ1n) is 5.18. The Kier molecular flexibility index (Phi) is 1.63. The summed E-state index contributed by atoms with van der Waals surface area (Å²) in [5.41, 5.74) is 8.34. The van der Waals surface area contributed by atoms with Crippen molar-refractivity contribution in [1.82, 2.24) is 4.57 Å². The van der Waals surface area contributed by atoms with Gasteiger partial charge in [0.25, 0.3) is 5.56 Å². The van der Waals surface area contributed by atoms with Gasteiger partial charge in [0.1, 0.15) is 0 Å². The van der Waals surface area contributed by atoms with Crippen molar-refractivity contribution in [2.24, 2.45) is 0 Å². The van der Waals surface area contributed by atoms with E-state index in [-0.39, 0.29) is 5.56 Å². The van der Waals surface area contributed by atoms with Crippen LogP contribution in [-0.2, 0) is 13.0 Å². The average molecular weight is 200 g/mol. The topological polar surface area (TPSA) is 48.0 Å². The first-order chi connectivity index (χ1) is 7.27. The second-order valence-electron chi connectivity index (χ2n) is 4.01. The fourth-order valence-electron chi connectivity index (χ4n) is 2.39. The van der Waals surface area contributed by atoms with Crippen molar-refractivity contribution in [3.05, 3.63) is 40.2 Å². The number of hydrogen-bond acceptors (Lipinski definition) is 2. The minimum absolute atomic E-state index is 0.0466. The van der Waals surface area contributed by atoms with E-state index in [0.29, 0.717) is 5.69 Å². The van der Waals surface area contributed by atoms with Crippen LogP contribution in [0.25, 0.3) is 10.9 Å². The van der Waals surface area contributed by atoms with E-state index < -0.39 is 0 Å². The fraction of sp³-hybridized carbons (Fsp3) is 0.250. The third-order valence-corrected chi connectivity index (χ3v) is 3.05. The van der Waals surface area contributed by atoms with Gasteiger partial charge in [0.15, 0.2) is 0 Å². The van der Waals surface area contributed by atoms with E-state index >= 15 is 0 Å². The Balaban J connectivity index is 2.57. The third-order valence-electron chi connectivity index (χ3n) is 3.05. The van der Waals surface area contributed by atoms with Crippen LogP contribution in [0.5, 0.6) is 0 Å². The van der Waals surface area contributed by atoms with Gasteiger partial charge in [-0.3, -0.25) is 4.79 Å². The molecule has 3 nitrogen and oxygen atoms in total. The summed E-state index contributed by atoms with van der Waals surface area (Å²) in [4.78, 5) is 11.8. The molecule has 2 N–H and O–H groups in total. The van der Waals surface area contributed by atoms with E-state index in [2.05, 4.69) is 6.07 Å². The standard InChI is InChI=1S/C12H12N2O/c13-10-7-9-4-1-3-8-5-2-6-14(11(8)9)12(10)15/h1,3-4,7H,2,5-6,13H2. The lowest BCUT2D eigenvalue weighted by Crippen LogP contribution is -2.26. The van der Waals surface area contributed by atoms with Crippen molar-refractivity contribution in [1.29, 1.82) is 0 Å². The van der Waals surface area contributed by atoms with E-state index in [1.54, 1.807) is 6.07 Å². The summed E-state index contributed by atoms with van der Waals surface area (Å²) in [7, 11) is 0. The lowest BCUT2D eigenvalue weighted by molar-refractivity contribution is 0.617. The molecule has 1 aliphatic rings. The summed E-state index contributed by atoms with van der Waals surface area (Å²) in [5, 5.41) is 1.07. The van der Waals surface area contributed by atoms with Crippen LogP contribution in [0.4, 0.5) is 5.69 Å². The molecule has 1 aliphatic heterocycles. The highest BCUT2D eigenvalue weighted by Gasteiger charge is 2.14. The smallest absolute Gasteiger partial charge is 0.274 e. The Hall–Kier alpha value is -1.77. The zero-order chi connectivity index (χ0) is 10.4. The Morgan fingerprint density at radius 1 is 1.33 bits per heavy atom. The maximum atomic E-state index is 11.8. The quantitative estimate of drug-likeness (QED) is 0.701. The van der Waals surface area contributed by atoms with Gasteiger partial charge in [0.2, 0.25) is 0 Å². The molecule has 0 bridgehead atoms. The minimum Gasteiger partial charge on any atom is -0.394 e. The second-order valence-corrected chi connectivity index (χ2v) is 4.01. The molecule has 1 aromatic heterocycles. The molecule has 3 rings (SSSR count). The van der Waals surface area contributed by atoms with E-state index in [4.69, 9.17) is 5.73 Å². The van der Waals surface area contributed by atoms with E-state index in [9.17, 15) is 4.79 Å². The molecule has 0 fully saturated rings. The number of pyridine rings is 1. The monoisotopic (exact) mass is 200 g/mol. The molecule has 0 saturated heterocycles. The predicted octanol–water partition coefficient (Wildman–Crippen LogP) is 1.53. The van der Waals surface area contributed by atoms with Gasteiger partial charge in [-0.05, 0) is 24.5 Å². The van der Waals surface area contributed by atoms with Crippen molar-refractivity contribution < 1.29 is 0 Å². The van der Waals surface area contributed by atoms with Crippen LogP contribution in [0.15, 0.2) is 29.1 Å². The van der Waals surface area contributed by atoms with Crippen molar-refractivity contribution in [2.45, 2.75) is 19.4 Å². The molecule has 1 aromatic carbocycles. The molecule has 0 spiro atoms. The molecule has 15 heavy (non-hydrogen) atoms. The van der Waals surface area contributed by atoms with Gasteiger partial charge in [-0.2, -0.15) is 0 Å². The molecule has 0 saturated carbocycles. The lowest BCUT2D eigenvalue weighted by atomic mass is 10.0. The van der Waals surface area contributed by atoms with Crippen molar-refractivity contribution in [2.75, 3.05) is 5.73 Å². The number of nitrogens with two attached hydrogens (primary N) is 1. The highest BCUT2D eigenvalue weighted by atomic mass is 16.1. The van der Waals surface area contributed by atoms with E-state index in [1.165, 1.54) is 5.56 Å².